The van der Waals surface area contributed by atoms with Crippen LogP contribution in [0.1, 0.15) is 52.8 Å². The molecule has 1 saturated carbocycles. The van der Waals surface area contributed by atoms with Crippen molar-refractivity contribution >= 4 is 23.9 Å². The molecule has 1 heterocycles. The normalized spacial score (nSPS) is 19.1. The molecule has 1 aliphatic carbocycles. The predicted octanol–water partition coefficient (Wildman–Crippen LogP) is 2.18. The summed E-state index contributed by atoms with van der Waals surface area (Å²) in [4.78, 5) is 37.0. The minimum atomic E-state index is -0.276. The number of benzene rings is 1. The van der Waals surface area contributed by atoms with Crippen LogP contribution in [0.25, 0.3) is 0 Å². The standard InChI is InChI=1S/C15H16N2O3/c18-9-16-12-8-4-7-11-13(12)15(20)17(14(11)19)10-5-2-1-3-6-10/h4,7-10H,1-3,5-6H2,(H,16,18). The number of anilines is 1. The Hall–Kier alpha value is -2.17. The molecular weight excluding hydrogens is 256 g/mol. The summed E-state index contributed by atoms with van der Waals surface area (Å²) in [5.41, 5.74) is 1.14. The van der Waals surface area contributed by atoms with E-state index in [0.29, 0.717) is 23.2 Å². The fraction of sp³-hybridized carbons (Fsp3) is 0.400. The molecule has 1 aromatic rings. The smallest absolute Gasteiger partial charge is 0.263 e. The maximum atomic E-state index is 12.6. The summed E-state index contributed by atoms with van der Waals surface area (Å²) < 4.78 is 0. The van der Waals surface area contributed by atoms with Crippen LogP contribution in [-0.2, 0) is 4.79 Å². The largest absolute Gasteiger partial charge is 0.328 e. The molecule has 1 aromatic carbocycles. The maximum absolute atomic E-state index is 12.6. The summed E-state index contributed by atoms with van der Waals surface area (Å²) in [6.07, 6.45) is 5.55. The van der Waals surface area contributed by atoms with Crippen molar-refractivity contribution in [3.05, 3.63) is 29.3 Å². The number of imide groups is 1. The van der Waals surface area contributed by atoms with Gasteiger partial charge in [-0.05, 0) is 25.0 Å². The zero-order valence-corrected chi connectivity index (χ0v) is 11.1. The predicted molar refractivity (Wildman–Crippen MR) is 73.5 cm³/mol. The van der Waals surface area contributed by atoms with Crippen LogP contribution >= 0.6 is 0 Å². The summed E-state index contributed by atoms with van der Waals surface area (Å²) in [5.74, 6) is -0.506. The second-order valence-corrected chi connectivity index (χ2v) is 5.26. The molecule has 0 spiro atoms. The van der Waals surface area contributed by atoms with Gasteiger partial charge in [0.25, 0.3) is 11.8 Å². The minimum Gasteiger partial charge on any atom is -0.328 e. The van der Waals surface area contributed by atoms with Crippen LogP contribution in [0.4, 0.5) is 5.69 Å². The van der Waals surface area contributed by atoms with Gasteiger partial charge in [-0.1, -0.05) is 25.3 Å². The van der Waals surface area contributed by atoms with E-state index in [0.717, 1.165) is 32.1 Å². The molecule has 1 fully saturated rings. The number of carbonyl (C=O) groups is 3. The molecule has 2 aliphatic rings. The van der Waals surface area contributed by atoms with Gasteiger partial charge < -0.3 is 5.32 Å². The zero-order chi connectivity index (χ0) is 14.1. The molecule has 5 heteroatoms. The highest BCUT2D eigenvalue weighted by Gasteiger charge is 2.41. The van der Waals surface area contributed by atoms with Gasteiger partial charge in [0.15, 0.2) is 0 Å². The van der Waals surface area contributed by atoms with Gasteiger partial charge in [0.1, 0.15) is 0 Å². The van der Waals surface area contributed by atoms with Gasteiger partial charge in [0.05, 0.1) is 16.8 Å². The van der Waals surface area contributed by atoms with Crippen molar-refractivity contribution in [1.82, 2.24) is 4.90 Å². The van der Waals surface area contributed by atoms with Crippen LogP contribution in [0.5, 0.6) is 0 Å². The molecule has 0 saturated heterocycles. The number of amides is 3. The fourth-order valence-electron chi connectivity index (χ4n) is 3.16. The van der Waals surface area contributed by atoms with Gasteiger partial charge in [-0.25, -0.2) is 0 Å². The van der Waals surface area contributed by atoms with E-state index < -0.39 is 0 Å². The molecule has 1 aliphatic heterocycles. The summed E-state index contributed by atoms with van der Waals surface area (Å²) >= 11 is 0. The average Bonchev–Trinajstić information content (AvgIpc) is 2.73. The van der Waals surface area contributed by atoms with Crippen molar-refractivity contribution < 1.29 is 14.4 Å². The van der Waals surface area contributed by atoms with E-state index in [1.54, 1.807) is 18.2 Å². The number of rotatable bonds is 3. The molecule has 104 valence electrons. The number of hydrogen-bond donors (Lipinski definition) is 1. The molecule has 0 bridgehead atoms. The lowest BCUT2D eigenvalue weighted by molar-refractivity contribution is -0.105. The molecule has 3 amide bonds. The average molecular weight is 272 g/mol. The van der Waals surface area contributed by atoms with E-state index in [4.69, 9.17) is 0 Å². The topological polar surface area (TPSA) is 66.5 Å². The van der Waals surface area contributed by atoms with Gasteiger partial charge in [-0.2, -0.15) is 0 Å². The Bertz CT molecular complexity index is 576. The quantitative estimate of drug-likeness (QED) is 0.677. The van der Waals surface area contributed by atoms with Gasteiger partial charge in [-0.15, -0.1) is 0 Å². The van der Waals surface area contributed by atoms with E-state index in [2.05, 4.69) is 5.32 Å². The Kier molecular flexibility index (Phi) is 3.26. The summed E-state index contributed by atoms with van der Waals surface area (Å²) in [5, 5.41) is 2.50. The van der Waals surface area contributed by atoms with E-state index >= 15 is 0 Å². The second-order valence-electron chi connectivity index (χ2n) is 5.26. The van der Waals surface area contributed by atoms with Crippen molar-refractivity contribution in [2.75, 3.05) is 5.32 Å². The minimum absolute atomic E-state index is 0.000214. The number of fused-ring (bicyclic) bond motifs is 1. The Morgan fingerprint density at radius 1 is 1.10 bits per heavy atom. The molecule has 0 radical (unpaired) electrons. The third-order valence-electron chi connectivity index (χ3n) is 4.10. The van der Waals surface area contributed by atoms with E-state index in [-0.39, 0.29) is 17.9 Å². The van der Waals surface area contributed by atoms with Gasteiger partial charge in [-0.3, -0.25) is 19.3 Å². The SMILES string of the molecule is O=CNc1cccc2c1C(=O)N(C1CCCCC1)C2=O. The summed E-state index contributed by atoms with van der Waals surface area (Å²) in [6.45, 7) is 0. The molecule has 3 rings (SSSR count). The molecular formula is C15H16N2O3. The third-order valence-corrected chi connectivity index (χ3v) is 4.10. The highest BCUT2D eigenvalue weighted by molar-refractivity contribution is 6.24. The highest BCUT2D eigenvalue weighted by atomic mass is 16.2. The summed E-state index contributed by atoms with van der Waals surface area (Å²) in [7, 11) is 0. The van der Waals surface area contributed by atoms with Crippen LogP contribution in [0.2, 0.25) is 0 Å². The van der Waals surface area contributed by atoms with Gasteiger partial charge in [0.2, 0.25) is 6.41 Å². The van der Waals surface area contributed by atoms with Crippen LogP contribution in [0.3, 0.4) is 0 Å². The molecule has 5 nitrogen and oxygen atoms in total. The Morgan fingerprint density at radius 2 is 1.85 bits per heavy atom. The molecule has 20 heavy (non-hydrogen) atoms. The highest BCUT2D eigenvalue weighted by Crippen LogP contribution is 2.34. The lowest BCUT2D eigenvalue weighted by Gasteiger charge is -2.29. The van der Waals surface area contributed by atoms with E-state index in [1.807, 2.05) is 0 Å². The van der Waals surface area contributed by atoms with E-state index in [1.165, 1.54) is 4.90 Å². The Morgan fingerprint density at radius 3 is 2.55 bits per heavy atom. The second kappa shape index (κ2) is 5.07. The Labute approximate surface area is 116 Å². The summed E-state index contributed by atoms with van der Waals surface area (Å²) in [6, 6.07) is 4.97. The Balaban J connectivity index is 1.98. The molecule has 0 aromatic heterocycles. The third kappa shape index (κ3) is 1.90. The van der Waals surface area contributed by atoms with Crippen LogP contribution < -0.4 is 5.32 Å². The van der Waals surface area contributed by atoms with Crippen molar-refractivity contribution in [2.24, 2.45) is 0 Å². The first kappa shape index (κ1) is 12.8. The zero-order valence-electron chi connectivity index (χ0n) is 11.1. The van der Waals surface area contributed by atoms with Crippen LogP contribution in [-0.4, -0.2) is 29.2 Å². The van der Waals surface area contributed by atoms with Crippen molar-refractivity contribution in [2.45, 2.75) is 38.1 Å². The van der Waals surface area contributed by atoms with Crippen molar-refractivity contribution in [3.63, 3.8) is 0 Å². The van der Waals surface area contributed by atoms with Gasteiger partial charge >= 0.3 is 0 Å². The molecule has 1 N–H and O–H groups in total. The number of nitrogens with one attached hydrogen (secondary N) is 1. The number of nitrogens with zero attached hydrogens (tertiary/aromatic N) is 1. The van der Waals surface area contributed by atoms with Crippen molar-refractivity contribution in [1.29, 1.82) is 0 Å². The number of carbonyl (C=O) groups excluding carboxylic acids is 3. The van der Waals surface area contributed by atoms with Crippen LogP contribution in [0, 0.1) is 0 Å². The van der Waals surface area contributed by atoms with Crippen molar-refractivity contribution in [3.8, 4) is 0 Å². The fourth-order valence-corrected chi connectivity index (χ4v) is 3.16. The lowest BCUT2D eigenvalue weighted by atomic mass is 9.94. The molecule has 0 unspecified atom stereocenters. The first-order valence-corrected chi connectivity index (χ1v) is 6.95. The molecule has 0 atom stereocenters. The first-order chi connectivity index (χ1) is 9.74. The van der Waals surface area contributed by atoms with Crippen LogP contribution in [0.15, 0.2) is 18.2 Å². The maximum Gasteiger partial charge on any atom is 0.263 e. The lowest BCUT2D eigenvalue weighted by Crippen LogP contribution is -2.40. The first-order valence-electron chi connectivity index (χ1n) is 6.95. The monoisotopic (exact) mass is 272 g/mol. The van der Waals surface area contributed by atoms with E-state index in [9.17, 15) is 14.4 Å². The number of hydrogen-bond acceptors (Lipinski definition) is 3. The van der Waals surface area contributed by atoms with Gasteiger partial charge in [0, 0.05) is 6.04 Å².